The molecule has 5 rings (SSSR count). The molecule has 0 radical (unpaired) electrons. The van der Waals surface area contributed by atoms with E-state index in [1.807, 2.05) is 24.3 Å². The fourth-order valence-corrected chi connectivity index (χ4v) is 4.11. The van der Waals surface area contributed by atoms with E-state index in [1.54, 1.807) is 19.3 Å². The van der Waals surface area contributed by atoms with Crippen LogP contribution in [0.1, 0.15) is 17.7 Å². The molecule has 178 valence electrons. The van der Waals surface area contributed by atoms with Gasteiger partial charge in [-0.05, 0) is 48.7 Å². The number of aryl methyl sites for hydroxylation is 1. The number of anilines is 1. The molecule has 8 nitrogen and oxygen atoms in total. The van der Waals surface area contributed by atoms with Gasteiger partial charge in [-0.2, -0.15) is 18.4 Å². The van der Waals surface area contributed by atoms with Gasteiger partial charge < -0.3 is 9.64 Å². The number of ether oxygens (including phenoxy) is 1. The van der Waals surface area contributed by atoms with Crippen molar-refractivity contribution in [3.63, 3.8) is 0 Å². The molecule has 11 heteroatoms. The van der Waals surface area contributed by atoms with Gasteiger partial charge in [-0.1, -0.05) is 11.3 Å². The topological polar surface area (TPSA) is 92.8 Å². The molecule has 0 atom stereocenters. The molecule has 1 fully saturated rings. The largest absolute Gasteiger partial charge is 0.493 e. The number of fused-ring (bicyclic) bond motifs is 1. The Kier molecular flexibility index (Phi) is 5.72. The number of halogens is 3. The van der Waals surface area contributed by atoms with Gasteiger partial charge in [0.05, 0.1) is 23.4 Å². The van der Waals surface area contributed by atoms with E-state index in [2.05, 4.69) is 25.2 Å². The highest BCUT2D eigenvalue weighted by atomic mass is 19.4. The number of pyridine rings is 2. The highest BCUT2D eigenvalue weighted by molar-refractivity contribution is 5.83. The van der Waals surface area contributed by atoms with Crippen LogP contribution in [0.3, 0.4) is 0 Å². The van der Waals surface area contributed by atoms with Crippen molar-refractivity contribution < 1.29 is 17.9 Å². The Morgan fingerprint density at radius 2 is 2.00 bits per heavy atom. The summed E-state index contributed by atoms with van der Waals surface area (Å²) in [5, 5.41) is 17.2. The zero-order valence-electron chi connectivity index (χ0n) is 18.7. The normalized spacial score (nSPS) is 14.1. The van der Waals surface area contributed by atoms with Gasteiger partial charge in [-0.3, -0.25) is 0 Å². The van der Waals surface area contributed by atoms with Crippen LogP contribution in [-0.4, -0.2) is 44.7 Å². The fourth-order valence-electron chi connectivity index (χ4n) is 4.11. The number of nitrogens with zero attached hydrogens (tertiary/aromatic N) is 7. The summed E-state index contributed by atoms with van der Waals surface area (Å²) < 4.78 is 48.6. The summed E-state index contributed by atoms with van der Waals surface area (Å²) in [6.45, 7) is 1.76. The summed E-state index contributed by atoms with van der Waals surface area (Å²) in [5.74, 6) is 0.997. The molecule has 1 aliphatic heterocycles. The van der Waals surface area contributed by atoms with Crippen LogP contribution in [0.2, 0.25) is 0 Å². The summed E-state index contributed by atoms with van der Waals surface area (Å²) in [7, 11) is 1.63. The number of hydrogen-bond acceptors (Lipinski definition) is 7. The van der Waals surface area contributed by atoms with Gasteiger partial charge in [0.15, 0.2) is 5.69 Å². The first-order chi connectivity index (χ1) is 16.8. The average molecular weight is 479 g/mol. The van der Waals surface area contributed by atoms with Gasteiger partial charge in [0.2, 0.25) is 0 Å². The van der Waals surface area contributed by atoms with Gasteiger partial charge in [-0.25, -0.2) is 14.6 Å². The van der Waals surface area contributed by atoms with Gasteiger partial charge in [-0.15, -0.1) is 5.10 Å². The first kappa shape index (κ1) is 22.6. The van der Waals surface area contributed by atoms with Crippen molar-refractivity contribution in [2.75, 3.05) is 24.6 Å². The molecule has 0 amide bonds. The SMILES string of the molecule is Cn1nnc2c(C#N)nc(-c3ccc(OCCC4CN(c5ccccn5)C4)c(C(F)(F)F)c3)cc21. The van der Waals surface area contributed by atoms with Crippen molar-refractivity contribution >= 4 is 16.9 Å². The Balaban J connectivity index is 1.32. The van der Waals surface area contributed by atoms with Crippen LogP contribution in [0.15, 0.2) is 48.7 Å². The van der Waals surface area contributed by atoms with E-state index in [1.165, 1.54) is 16.8 Å². The number of aromatic nitrogens is 5. The lowest BCUT2D eigenvalue weighted by Crippen LogP contribution is -2.47. The first-order valence-corrected chi connectivity index (χ1v) is 10.9. The molecular weight excluding hydrogens is 459 g/mol. The summed E-state index contributed by atoms with van der Waals surface area (Å²) in [5.41, 5.74) is 0.352. The molecule has 1 aliphatic rings. The molecule has 0 bridgehead atoms. The predicted octanol–water partition coefficient (Wildman–Crippen LogP) is 4.22. The lowest BCUT2D eigenvalue weighted by molar-refractivity contribution is -0.138. The Morgan fingerprint density at radius 1 is 1.17 bits per heavy atom. The molecule has 1 aromatic carbocycles. The van der Waals surface area contributed by atoms with Crippen molar-refractivity contribution in [2.24, 2.45) is 13.0 Å². The van der Waals surface area contributed by atoms with E-state index in [9.17, 15) is 18.4 Å². The van der Waals surface area contributed by atoms with E-state index in [0.717, 1.165) is 25.0 Å². The van der Waals surface area contributed by atoms with E-state index in [4.69, 9.17) is 4.74 Å². The van der Waals surface area contributed by atoms with Crippen LogP contribution in [0.5, 0.6) is 5.75 Å². The maximum absolute atomic E-state index is 13.9. The molecule has 35 heavy (non-hydrogen) atoms. The van der Waals surface area contributed by atoms with Crippen LogP contribution in [0.4, 0.5) is 19.0 Å². The smallest absolute Gasteiger partial charge is 0.419 e. The van der Waals surface area contributed by atoms with Gasteiger partial charge in [0.25, 0.3) is 0 Å². The summed E-state index contributed by atoms with van der Waals surface area (Å²) >= 11 is 0. The lowest BCUT2D eigenvalue weighted by atomic mass is 9.97. The lowest BCUT2D eigenvalue weighted by Gasteiger charge is -2.40. The fraction of sp³-hybridized carbons (Fsp3) is 0.292. The van der Waals surface area contributed by atoms with E-state index in [-0.39, 0.29) is 29.3 Å². The Hall–Kier alpha value is -4.20. The minimum atomic E-state index is -4.62. The summed E-state index contributed by atoms with van der Waals surface area (Å²) in [4.78, 5) is 10.6. The number of hydrogen-bond donors (Lipinski definition) is 0. The van der Waals surface area contributed by atoms with Crippen LogP contribution in [0.25, 0.3) is 22.3 Å². The van der Waals surface area contributed by atoms with Crippen molar-refractivity contribution in [1.29, 1.82) is 5.26 Å². The third kappa shape index (κ3) is 4.47. The van der Waals surface area contributed by atoms with E-state index >= 15 is 0 Å². The van der Waals surface area contributed by atoms with Crippen LogP contribution >= 0.6 is 0 Å². The average Bonchev–Trinajstić information content (AvgIpc) is 3.20. The van der Waals surface area contributed by atoms with E-state index in [0.29, 0.717) is 23.4 Å². The molecule has 4 aromatic rings. The zero-order valence-corrected chi connectivity index (χ0v) is 18.7. The number of alkyl halides is 3. The van der Waals surface area contributed by atoms with Crippen molar-refractivity contribution in [3.05, 3.63) is 59.9 Å². The quantitative estimate of drug-likeness (QED) is 0.409. The minimum Gasteiger partial charge on any atom is -0.493 e. The van der Waals surface area contributed by atoms with Gasteiger partial charge in [0.1, 0.15) is 23.2 Å². The maximum atomic E-state index is 13.9. The molecule has 1 saturated heterocycles. The van der Waals surface area contributed by atoms with Crippen LogP contribution < -0.4 is 9.64 Å². The number of nitriles is 1. The Labute approximate surface area is 198 Å². The Morgan fingerprint density at radius 3 is 2.71 bits per heavy atom. The van der Waals surface area contributed by atoms with Crippen molar-refractivity contribution in [2.45, 2.75) is 12.6 Å². The Bertz CT molecular complexity index is 1410. The first-order valence-electron chi connectivity index (χ1n) is 10.9. The van der Waals surface area contributed by atoms with Crippen LogP contribution in [0, 0.1) is 17.2 Å². The summed E-state index contributed by atoms with van der Waals surface area (Å²) in [6.07, 6.45) is -2.25. The third-order valence-electron chi connectivity index (χ3n) is 6.00. The number of rotatable bonds is 6. The van der Waals surface area contributed by atoms with Gasteiger partial charge >= 0.3 is 6.18 Å². The highest BCUT2D eigenvalue weighted by Gasteiger charge is 2.35. The second-order valence-electron chi connectivity index (χ2n) is 8.35. The summed E-state index contributed by atoms with van der Waals surface area (Å²) in [6, 6.07) is 13.0. The second kappa shape index (κ2) is 8.87. The molecule has 3 aromatic heterocycles. The highest BCUT2D eigenvalue weighted by Crippen LogP contribution is 2.39. The zero-order chi connectivity index (χ0) is 24.6. The van der Waals surface area contributed by atoms with Crippen molar-refractivity contribution in [3.8, 4) is 23.1 Å². The minimum absolute atomic E-state index is 0.000250. The third-order valence-corrected chi connectivity index (χ3v) is 6.00. The molecule has 0 aliphatic carbocycles. The molecule has 0 unspecified atom stereocenters. The van der Waals surface area contributed by atoms with Crippen LogP contribution in [-0.2, 0) is 13.2 Å². The predicted molar refractivity (Wildman–Crippen MR) is 122 cm³/mol. The van der Waals surface area contributed by atoms with Gasteiger partial charge in [0, 0.05) is 31.9 Å². The molecule has 4 heterocycles. The monoisotopic (exact) mass is 479 g/mol. The molecule has 0 spiro atoms. The molecule has 0 saturated carbocycles. The molecular formula is C24H20F3N7O. The molecule has 0 N–H and O–H groups in total. The number of benzene rings is 1. The van der Waals surface area contributed by atoms with E-state index < -0.39 is 11.7 Å². The van der Waals surface area contributed by atoms with Crippen molar-refractivity contribution in [1.82, 2.24) is 25.0 Å². The second-order valence-corrected chi connectivity index (χ2v) is 8.35. The maximum Gasteiger partial charge on any atom is 0.419 e. The standard InChI is InChI=1S/C24H20F3N7O/c1-33-20-11-18(30-19(12-28)23(20)31-32-33)16-5-6-21(17(10-16)24(25,26)27)35-9-7-15-13-34(14-15)22-4-2-3-8-29-22/h2-6,8,10-11,15H,7,9,13-14H2,1H3.